The SMILES string of the molecule is Nc1nc(C2CC2)c(Cc2cccc(F)c2F)s1. The lowest BCUT2D eigenvalue weighted by molar-refractivity contribution is 0.501. The van der Waals surface area contributed by atoms with E-state index in [1.807, 2.05) is 0 Å². The number of nitrogens with two attached hydrogens (primary N) is 1. The highest BCUT2D eigenvalue weighted by Crippen LogP contribution is 2.43. The molecule has 1 aromatic heterocycles. The van der Waals surface area contributed by atoms with Crippen molar-refractivity contribution in [2.24, 2.45) is 0 Å². The normalized spacial score (nSPS) is 15.0. The molecule has 1 aliphatic rings. The van der Waals surface area contributed by atoms with E-state index in [0.717, 1.165) is 29.5 Å². The highest BCUT2D eigenvalue weighted by atomic mass is 32.1. The molecule has 0 spiro atoms. The number of thiazole rings is 1. The molecule has 2 nitrogen and oxygen atoms in total. The number of hydrogen-bond acceptors (Lipinski definition) is 3. The Kier molecular flexibility index (Phi) is 2.78. The fraction of sp³-hybridized carbons (Fsp3) is 0.308. The summed E-state index contributed by atoms with van der Waals surface area (Å²) in [6, 6.07) is 4.25. The third kappa shape index (κ3) is 2.10. The summed E-state index contributed by atoms with van der Waals surface area (Å²) in [5.74, 6) is -1.12. The zero-order valence-electron chi connectivity index (χ0n) is 9.62. The molecule has 0 aliphatic heterocycles. The van der Waals surface area contributed by atoms with Gasteiger partial charge in [-0.2, -0.15) is 0 Å². The number of halogens is 2. The van der Waals surface area contributed by atoms with Crippen LogP contribution in [0.2, 0.25) is 0 Å². The summed E-state index contributed by atoms with van der Waals surface area (Å²) in [5, 5.41) is 0.503. The van der Waals surface area contributed by atoms with Crippen molar-refractivity contribution in [2.45, 2.75) is 25.2 Å². The van der Waals surface area contributed by atoms with Crippen LogP contribution in [0.3, 0.4) is 0 Å². The average molecular weight is 266 g/mol. The zero-order chi connectivity index (χ0) is 12.7. The van der Waals surface area contributed by atoms with Gasteiger partial charge in [-0.3, -0.25) is 0 Å². The van der Waals surface area contributed by atoms with E-state index in [2.05, 4.69) is 4.98 Å². The first-order valence-electron chi connectivity index (χ1n) is 5.83. The van der Waals surface area contributed by atoms with Crippen LogP contribution in [0, 0.1) is 11.6 Å². The lowest BCUT2D eigenvalue weighted by atomic mass is 10.1. The molecule has 1 fully saturated rings. The molecule has 2 aromatic rings. The van der Waals surface area contributed by atoms with Gasteiger partial charge in [0, 0.05) is 17.2 Å². The number of aromatic nitrogens is 1. The van der Waals surface area contributed by atoms with Gasteiger partial charge in [-0.25, -0.2) is 13.8 Å². The van der Waals surface area contributed by atoms with Gasteiger partial charge in [0.1, 0.15) is 0 Å². The number of benzene rings is 1. The molecule has 18 heavy (non-hydrogen) atoms. The number of nitrogen functional groups attached to an aromatic ring is 1. The molecule has 1 heterocycles. The van der Waals surface area contributed by atoms with Crippen LogP contribution in [0.25, 0.3) is 0 Å². The molecule has 3 rings (SSSR count). The van der Waals surface area contributed by atoms with Crippen molar-refractivity contribution in [1.82, 2.24) is 4.98 Å². The van der Waals surface area contributed by atoms with Gasteiger partial charge in [0.15, 0.2) is 16.8 Å². The first-order chi connectivity index (χ1) is 8.65. The van der Waals surface area contributed by atoms with Gasteiger partial charge in [0.05, 0.1) is 5.69 Å². The molecule has 1 aromatic carbocycles. The highest BCUT2D eigenvalue weighted by Gasteiger charge is 2.29. The standard InChI is InChI=1S/C13H12F2N2S/c14-9-3-1-2-8(11(9)15)6-10-12(7-4-5-7)17-13(16)18-10/h1-3,7H,4-6H2,(H2,16,17). The van der Waals surface area contributed by atoms with Gasteiger partial charge < -0.3 is 5.73 Å². The summed E-state index contributed by atoms with van der Waals surface area (Å²) in [4.78, 5) is 5.26. The molecule has 0 saturated heterocycles. The van der Waals surface area contributed by atoms with E-state index in [9.17, 15) is 8.78 Å². The summed E-state index contributed by atoms with van der Waals surface area (Å²) >= 11 is 1.37. The smallest absolute Gasteiger partial charge is 0.180 e. The molecule has 0 atom stereocenters. The molecule has 5 heteroatoms. The highest BCUT2D eigenvalue weighted by molar-refractivity contribution is 7.15. The molecule has 2 N–H and O–H groups in total. The van der Waals surface area contributed by atoms with Crippen molar-refractivity contribution in [3.8, 4) is 0 Å². The van der Waals surface area contributed by atoms with Crippen molar-refractivity contribution in [3.05, 3.63) is 46.0 Å². The van der Waals surface area contributed by atoms with E-state index in [4.69, 9.17) is 5.73 Å². The predicted molar refractivity (Wildman–Crippen MR) is 67.7 cm³/mol. The predicted octanol–water partition coefficient (Wildman–Crippen LogP) is 3.47. The van der Waals surface area contributed by atoms with Crippen LogP contribution < -0.4 is 5.73 Å². The molecule has 0 unspecified atom stereocenters. The van der Waals surface area contributed by atoms with E-state index < -0.39 is 11.6 Å². The van der Waals surface area contributed by atoms with Gasteiger partial charge >= 0.3 is 0 Å². The number of nitrogens with zero attached hydrogens (tertiary/aromatic N) is 1. The molecule has 1 saturated carbocycles. The average Bonchev–Trinajstić information content (AvgIpc) is 3.10. The number of rotatable bonds is 3. The van der Waals surface area contributed by atoms with Crippen LogP contribution in [0.4, 0.5) is 13.9 Å². The Labute approximate surface area is 107 Å². The topological polar surface area (TPSA) is 38.9 Å². The maximum atomic E-state index is 13.6. The Hall–Kier alpha value is -1.49. The third-order valence-corrected chi connectivity index (χ3v) is 3.99. The lowest BCUT2D eigenvalue weighted by Gasteiger charge is -2.03. The first-order valence-corrected chi connectivity index (χ1v) is 6.64. The quantitative estimate of drug-likeness (QED) is 0.923. The van der Waals surface area contributed by atoms with E-state index in [0.29, 0.717) is 23.0 Å². The third-order valence-electron chi connectivity index (χ3n) is 3.09. The Morgan fingerprint density at radius 3 is 2.83 bits per heavy atom. The molecular weight excluding hydrogens is 254 g/mol. The minimum Gasteiger partial charge on any atom is -0.375 e. The molecular formula is C13H12F2N2S. The Bertz CT molecular complexity index is 591. The van der Waals surface area contributed by atoms with Crippen molar-refractivity contribution in [3.63, 3.8) is 0 Å². The molecule has 0 radical (unpaired) electrons. The second-order valence-electron chi connectivity index (χ2n) is 4.52. The van der Waals surface area contributed by atoms with E-state index in [1.54, 1.807) is 6.07 Å². The second kappa shape index (κ2) is 4.31. The number of anilines is 1. The largest absolute Gasteiger partial charge is 0.375 e. The van der Waals surface area contributed by atoms with Crippen molar-refractivity contribution < 1.29 is 8.78 Å². The van der Waals surface area contributed by atoms with Crippen LogP contribution in [-0.4, -0.2) is 4.98 Å². The Morgan fingerprint density at radius 2 is 2.11 bits per heavy atom. The van der Waals surface area contributed by atoms with Crippen molar-refractivity contribution in [2.75, 3.05) is 5.73 Å². The van der Waals surface area contributed by atoms with Crippen LogP contribution in [0.15, 0.2) is 18.2 Å². The number of hydrogen-bond donors (Lipinski definition) is 1. The minimum atomic E-state index is -0.807. The van der Waals surface area contributed by atoms with E-state index in [1.165, 1.54) is 17.4 Å². The fourth-order valence-electron chi connectivity index (χ4n) is 2.04. The monoisotopic (exact) mass is 266 g/mol. The van der Waals surface area contributed by atoms with Gasteiger partial charge in [0.25, 0.3) is 0 Å². The van der Waals surface area contributed by atoms with Crippen LogP contribution in [0.5, 0.6) is 0 Å². The lowest BCUT2D eigenvalue weighted by Crippen LogP contribution is -1.96. The van der Waals surface area contributed by atoms with Gasteiger partial charge in [0.2, 0.25) is 0 Å². The maximum absolute atomic E-state index is 13.6. The van der Waals surface area contributed by atoms with Gasteiger partial charge in [-0.15, -0.1) is 11.3 Å². The van der Waals surface area contributed by atoms with Crippen molar-refractivity contribution >= 4 is 16.5 Å². The Morgan fingerprint density at radius 1 is 1.33 bits per heavy atom. The van der Waals surface area contributed by atoms with Gasteiger partial charge in [-0.05, 0) is 24.5 Å². The van der Waals surface area contributed by atoms with E-state index >= 15 is 0 Å². The fourth-order valence-corrected chi connectivity index (χ4v) is 2.98. The summed E-state index contributed by atoms with van der Waals surface area (Å²) in [6.07, 6.45) is 2.59. The summed E-state index contributed by atoms with van der Waals surface area (Å²) in [7, 11) is 0. The van der Waals surface area contributed by atoms with Crippen LogP contribution >= 0.6 is 11.3 Å². The minimum absolute atomic E-state index is 0.362. The van der Waals surface area contributed by atoms with Crippen LogP contribution in [0.1, 0.15) is 34.9 Å². The molecule has 1 aliphatic carbocycles. The maximum Gasteiger partial charge on any atom is 0.180 e. The van der Waals surface area contributed by atoms with Crippen LogP contribution in [-0.2, 0) is 6.42 Å². The van der Waals surface area contributed by atoms with Gasteiger partial charge in [-0.1, -0.05) is 12.1 Å². The van der Waals surface area contributed by atoms with E-state index in [-0.39, 0.29) is 0 Å². The Balaban J connectivity index is 1.94. The second-order valence-corrected chi connectivity index (χ2v) is 5.64. The summed E-state index contributed by atoms with van der Waals surface area (Å²) in [5.41, 5.74) is 7.04. The molecule has 0 bridgehead atoms. The molecule has 0 amide bonds. The van der Waals surface area contributed by atoms with Crippen molar-refractivity contribution in [1.29, 1.82) is 0 Å². The summed E-state index contributed by atoms with van der Waals surface area (Å²) in [6.45, 7) is 0. The first kappa shape index (κ1) is 11.6. The summed E-state index contributed by atoms with van der Waals surface area (Å²) < 4.78 is 26.8. The zero-order valence-corrected chi connectivity index (χ0v) is 10.4. The molecule has 94 valence electrons.